The van der Waals surface area contributed by atoms with E-state index in [4.69, 9.17) is 18.9 Å². The lowest BCUT2D eigenvalue weighted by molar-refractivity contribution is -0.384. The molecule has 1 atom stereocenters. The van der Waals surface area contributed by atoms with Crippen molar-refractivity contribution in [1.82, 2.24) is 0 Å². The second kappa shape index (κ2) is 10.7. The standard InChI is InChI=1S/C21H29NO9/c1-20(2,3)30-17(23)9-7-8-16(18(24)31-21(4,5)6)29-19(25)28-15-12-10-14(11-13-15)22(26)27/h10-13,16H,7-9H2,1-6H3. The number of carbonyl (C=O) groups excluding carboxylic acids is 3. The fraction of sp³-hybridized carbons (Fsp3) is 0.571. The maximum Gasteiger partial charge on any atom is 0.514 e. The van der Waals surface area contributed by atoms with Gasteiger partial charge >= 0.3 is 18.1 Å². The van der Waals surface area contributed by atoms with Gasteiger partial charge in [-0.15, -0.1) is 0 Å². The smallest absolute Gasteiger partial charge is 0.460 e. The van der Waals surface area contributed by atoms with E-state index >= 15 is 0 Å². The number of esters is 2. The Morgan fingerprint density at radius 3 is 2.00 bits per heavy atom. The molecular formula is C21H29NO9. The number of hydrogen-bond acceptors (Lipinski definition) is 9. The summed E-state index contributed by atoms with van der Waals surface area (Å²) in [6.45, 7) is 10.2. The average molecular weight is 439 g/mol. The van der Waals surface area contributed by atoms with Crippen LogP contribution in [0.4, 0.5) is 10.5 Å². The Balaban J connectivity index is 2.74. The number of nitro benzene ring substituents is 1. The van der Waals surface area contributed by atoms with Gasteiger partial charge in [-0.2, -0.15) is 0 Å². The van der Waals surface area contributed by atoms with E-state index in [1.807, 2.05) is 0 Å². The van der Waals surface area contributed by atoms with Crippen LogP contribution in [0, 0.1) is 10.1 Å². The zero-order chi connectivity index (χ0) is 23.8. The van der Waals surface area contributed by atoms with E-state index in [2.05, 4.69) is 0 Å². The van der Waals surface area contributed by atoms with Gasteiger partial charge in [-0.1, -0.05) is 0 Å². The molecule has 0 radical (unpaired) electrons. The summed E-state index contributed by atoms with van der Waals surface area (Å²) in [7, 11) is 0. The molecule has 1 aromatic carbocycles. The van der Waals surface area contributed by atoms with Crippen LogP contribution in [-0.2, 0) is 23.8 Å². The van der Waals surface area contributed by atoms with Crippen LogP contribution < -0.4 is 4.74 Å². The Bertz CT molecular complexity index is 789. The summed E-state index contributed by atoms with van der Waals surface area (Å²) < 4.78 is 20.6. The summed E-state index contributed by atoms with van der Waals surface area (Å²) in [4.78, 5) is 46.5. The van der Waals surface area contributed by atoms with Crippen LogP contribution in [-0.4, -0.2) is 40.3 Å². The van der Waals surface area contributed by atoms with Crippen molar-refractivity contribution in [2.45, 2.75) is 78.1 Å². The fourth-order valence-electron chi connectivity index (χ4n) is 2.29. The van der Waals surface area contributed by atoms with Gasteiger partial charge in [-0.3, -0.25) is 14.9 Å². The summed E-state index contributed by atoms with van der Waals surface area (Å²) in [5.74, 6) is -1.21. The zero-order valence-corrected chi connectivity index (χ0v) is 18.6. The molecule has 0 N–H and O–H groups in total. The maximum atomic E-state index is 12.4. The van der Waals surface area contributed by atoms with E-state index in [-0.39, 0.29) is 30.7 Å². The SMILES string of the molecule is CC(C)(C)OC(=O)CCCC(OC(=O)Oc1ccc([N+](=O)[O-])cc1)C(=O)OC(C)(C)C. The minimum Gasteiger partial charge on any atom is -0.460 e. The minimum atomic E-state index is -1.30. The Morgan fingerprint density at radius 2 is 1.52 bits per heavy atom. The second-order valence-corrected chi connectivity index (χ2v) is 8.72. The average Bonchev–Trinajstić information content (AvgIpc) is 2.58. The van der Waals surface area contributed by atoms with Crippen molar-refractivity contribution < 1.29 is 38.3 Å². The highest BCUT2D eigenvalue weighted by Crippen LogP contribution is 2.20. The second-order valence-electron chi connectivity index (χ2n) is 8.72. The number of nitro groups is 1. The highest BCUT2D eigenvalue weighted by molar-refractivity contribution is 5.78. The van der Waals surface area contributed by atoms with Gasteiger partial charge in [-0.05, 0) is 66.5 Å². The van der Waals surface area contributed by atoms with E-state index in [1.54, 1.807) is 41.5 Å². The Labute approximate surface area is 180 Å². The van der Waals surface area contributed by atoms with Gasteiger partial charge in [0.25, 0.3) is 5.69 Å². The van der Waals surface area contributed by atoms with Crippen LogP contribution in [0.2, 0.25) is 0 Å². The quantitative estimate of drug-likeness (QED) is 0.191. The fourth-order valence-corrected chi connectivity index (χ4v) is 2.29. The van der Waals surface area contributed by atoms with Crippen molar-refractivity contribution >= 4 is 23.8 Å². The van der Waals surface area contributed by atoms with E-state index in [1.165, 1.54) is 12.1 Å². The molecule has 0 aliphatic heterocycles. The predicted octanol–water partition coefficient (Wildman–Crippen LogP) is 4.33. The number of rotatable bonds is 8. The molecule has 0 saturated heterocycles. The first-order valence-electron chi connectivity index (χ1n) is 9.74. The Kier molecular flexibility index (Phi) is 8.96. The lowest BCUT2D eigenvalue weighted by Gasteiger charge is -2.24. The number of hydrogen-bond donors (Lipinski definition) is 0. The first-order valence-corrected chi connectivity index (χ1v) is 9.74. The molecular weight excluding hydrogens is 410 g/mol. The molecule has 1 rings (SSSR count). The monoisotopic (exact) mass is 439 g/mol. The van der Waals surface area contributed by atoms with Crippen molar-refractivity contribution in [2.75, 3.05) is 0 Å². The van der Waals surface area contributed by atoms with Crippen LogP contribution in [0.15, 0.2) is 24.3 Å². The third-order valence-electron chi connectivity index (χ3n) is 3.42. The maximum absolute atomic E-state index is 12.4. The Morgan fingerprint density at radius 1 is 0.968 bits per heavy atom. The van der Waals surface area contributed by atoms with E-state index in [0.717, 1.165) is 12.1 Å². The van der Waals surface area contributed by atoms with Crippen molar-refractivity contribution in [3.05, 3.63) is 34.4 Å². The van der Waals surface area contributed by atoms with Gasteiger partial charge in [0, 0.05) is 18.6 Å². The zero-order valence-electron chi connectivity index (χ0n) is 18.6. The van der Waals surface area contributed by atoms with Crippen LogP contribution in [0.5, 0.6) is 5.75 Å². The van der Waals surface area contributed by atoms with Crippen molar-refractivity contribution in [3.8, 4) is 5.75 Å². The van der Waals surface area contributed by atoms with Gasteiger partial charge < -0.3 is 18.9 Å². The summed E-state index contributed by atoms with van der Waals surface area (Å²) in [5.41, 5.74) is -1.62. The molecule has 10 heteroatoms. The van der Waals surface area contributed by atoms with E-state index < -0.39 is 40.3 Å². The highest BCUT2D eigenvalue weighted by atomic mass is 16.7. The lowest BCUT2D eigenvalue weighted by atomic mass is 10.1. The van der Waals surface area contributed by atoms with Gasteiger partial charge in [0.05, 0.1) is 4.92 Å². The summed E-state index contributed by atoms with van der Waals surface area (Å²) in [6.07, 6.45) is -2.22. The Hall–Kier alpha value is -3.17. The summed E-state index contributed by atoms with van der Waals surface area (Å²) in [5, 5.41) is 10.7. The predicted molar refractivity (Wildman–Crippen MR) is 110 cm³/mol. The molecule has 0 spiro atoms. The molecule has 31 heavy (non-hydrogen) atoms. The topological polar surface area (TPSA) is 131 Å². The number of nitrogens with zero attached hydrogens (tertiary/aromatic N) is 1. The molecule has 0 bridgehead atoms. The van der Waals surface area contributed by atoms with Crippen LogP contribution in [0.3, 0.4) is 0 Å². The number of ether oxygens (including phenoxy) is 4. The molecule has 1 unspecified atom stereocenters. The number of carbonyl (C=O) groups is 3. The molecule has 0 heterocycles. The van der Waals surface area contributed by atoms with Crippen LogP contribution in [0.25, 0.3) is 0 Å². The van der Waals surface area contributed by atoms with Gasteiger partial charge in [-0.25, -0.2) is 9.59 Å². The molecule has 0 fully saturated rings. The van der Waals surface area contributed by atoms with Gasteiger partial charge in [0.1, 0.15) is 17.0 Å². The summed E-state index contributed by atoms with van der Waals surface area (Å²) in [6, 6.07) is 4.78. The van der Waals surface area contributed by atoms with Crippen molar-refractivity contribution in [2.24, 2.45) is 0 Å². The molecule has 0 aromatic heterocycles. The highest BCUT2D eigenvalue weighted by Gasteiger charge is 2.29. The minimum absolute atomic E-state index is 0.00675. The van der Waals surface area contributed by atoms with Crippen molar-refractivity contribution in [3.63, 3.8) is 0 Å². The molecule has 0 amide bonds. The number of non-ortho nitro benzene ring substituents is 1. The van der Waals surface area contributed by atoms with Crippen molar-refractivity contribution in [1.29, 1.82) is 0 Å². The molecule has 1 aromatic rings. The normalized spacial score (nSPS) is 12.5. The molecule has 10 nitrogen and oxygen atoms in total. The van der Waals surface area contributed by atoms with Gasteiger partial charge in [0.2, 0.25) is 6.10 Å². The summed E-state index contributed by atoms with van der Waals surface area (Å²) >= 11 is 0. The third-order valence-corrected chi connectivity index (χ3v) is 3.42. The molecule has 0 aliphatic rings. The molecule has 172 valence electrons. The van der Waals surface area contributed by atoms with E-state index in [0.29, 0.717) is 0 Å². The third kappa shape index (κ3) is 11.0. The molecule has 0 aliphatic carbocycles. The first-order chi connectivity index (χ1) is 14.2. The van der Waals surface area contributed by atoms with Crippen LogP contribution >= 0.6 is 0 Å². The largest absolute Gasteiger partial charge is 0.514 e. The number of benzene rings is 1. The first kappa shape index (κ1) is 25.9. The van der Waals surface area contributed by atoms with Gasteiger partial charge in [0.15, 0.2) is 0 Å². The van der Waals surface area contributed by atoms with Crippen LogP contribution in [0.1, 0.15) is 60.8 Å². The van der Waals surface area contributed by atoms with E-state index in [9.17, 15) is 24.5 Å². The molecule has 0 saturated carbocycles. The lowest BCUT2D eigenvalue weighted by Crippen LogP contribution is -2.35.